The average Bonchev–Trinajstić information content (AvgIpc) is 2.89. The smallest absolute Gasteiger partial charge is 0.261 e. The second-order valence-electron chi connectivity index (χ2n) is 7.22. The molecule has 0 bridgehead atoms. The standard InChI is InChI=1S/C24H21FN2O3/c1-16-7-12-21-20(13-16)24(17-8-10-18(25)11-9-17)27(14-22(28)26-21)23(29)15-30-19-5-3-2-4-6-19/h2-13,24H,14-15H2,1H3,(H,26,28). The van der Waals surface area contributed by atoms with E-state index in [4.69, 9.17) is 4.74 Å². The number of hydrogen-bond donors (Lipinski definition) is 1. The largest absolute Gasteiger partial charge is 0.484 e. The van der Waals surface area contributed by atoms with Crippen LogP contribution in [0.4, 0.5) is 10.1 Å². The molecule has 0 aromatic heterocycles. The van der Waals surface area contributed by atoms with E-state index in [2.05, 4.69) is 5.32 Å². The van der Waals surface area contributed by atoms with E-state index in [-0.39, 0.29) is 30.8 Å². The van der Waals surface area contributed by atoms with Gasteiger partial charge in [-0.15, -0.1) is 0 Å². The number of hydrogen-bond acceptors (Lipinski definition) is 3. The molecule has 1 unspecified atom stereocenters. The highest BCUT2D eigenvalue weighted by atomic mass is 19.1. The van der Waals surface area contributed by atoms with E-state index in [1.54, 1.807) is 24.3 Å². The number of carbonyl (C=O) groups excluding carboxylic acids is 2. The molecule has 1 N–H and O–H groups in total. The van der Waals surface area contributed by atoms with Crippen LogP contribution in [0.15, 0.2) is 72.8 Å². The van der Waals surface area contributed by atoms with Crippen LogP contribution in [0.5, 0.6) is 5.75 Å². The zero-order valence-corrected chi connectivity index (χ0v) is 16.5. The first-order chi connectivity index (χ1) is 14.5. The monoisotopic (exact) mass is 404 g/mol. The maximum Gasteiger partial charge on any atom is 0.261 e. The summed E-state index contributed by atoms with van der Waals surface area (Å²) in [6.45, 7) is 1.60. The Kier molecular flexibility index (Phi) is 5.48. The van der Waals surface area contributed by atoms with Crippen molar-refractivity contribution >= 4 is 17.5 Å². The predicted molar refractivity (Wildman–Crippen MR) is 112 cm³/mol. The van der Waals surface area contributed by atoms with Gasteiger partial charge in [-0.2, -0.15) is 0 Å². The first-order valence-corrected chi connectivity index (χ1v) is 9.64. The van der Waals surface area contributed by atoms with E-state index in [9.17, 15) is 14.0 Å². The van der Waals surface area contributed by atoms with Crippen molar-refractivity contribution < 1.29 is 18.7 Å². The van der Waals surface area contributed by atoms with Crippen LogP contribution in [0.3, 0.4) is 0 Å². The molecule has 0 saturated heterocycles. The molecule has 2 amide bonds. The molecule has 1 heterocycles. The summed E-state index contributed by atoms with van der Waals surface area (Å²) in [5.41, 5.74) is 3.12. The molecule has 0 radical (unpaired) electrons. The highest BCUT2D eigenvalue weighted by Gasteiger charge is 2.33. The van der Waals surface area contributed by atoms with Gasteiger partial charge in [-0.25, -0.2) is 4.39 Å². The van der Waals surface area contributed by atoms with Crippen LogP contribution in [-0.2, 0) is 9.59 Å². The Labute approximate surface area is 174 Å². The maximum absolute atomic E-state index is 13.6. The fourth-order valence-corrected chi connectivity index (χ4v) is 3.61. The van der Waals surface area contributed by atoms with Crippen LogP contribution in [0.25, 0.3) is 0 Å². The van der Waals surface area contributed by atoms with Crippen LogP contribution in [0.1, 0.15) is 22.7 Å². The van der Waals surface area contributed by atoms with Crippen molar-refractivity contribution in [1.29, 1.82) is 0 Å². The van der Waals surface area contributed by atoms with Gasteiger partial charge in [0.2, 0.25) is 5.91 Å². The molecule has 3 aromatic carbocycles. The molecule has 5 nitrogen and oxygen atoms in total. The number of amides is 2. The van der Waals surface area contributed by atoms with Crippen LogP contribution in [0.2, 0.25) is 0 Å². The van der Waals surface area contributed by atoms with Crippen LogP contribution >= 0.6 is 0 Å². The highest BCUT2D eigenvalue weighted by molar-refractivity contribution is 5.97. The van der Waals surface area contributed by atoms with E-state index in [1.165, 1.54) is 17.0 Å². The third kappa shape index (κ3) is 4.17. The summed E-state index contributed by atoms with van der Waals surface area (Å²) in [6, 6.07) is 20.1. The molecule has 1 atom stereocenters. The number of anilines is 1. The van der Waals surface area contributed by atoms with Gasteiger partial charge in [0, 0.05) is 11.3 Å². The SMILES string of the molecule is Cc1ccc2c(c1)C(c1ccc(F)cc1)N(C(=O)COc1ccccc1)CC(=O)N2. The lowest BCUT2D eigenvalue weighted by Gasteiger charge is -2.30. The summed E-state index contributed by atoms with van der Waals surface area (Å²) in [4.78, 5) is 27.2. The lowest BCUT2D eigenvalue weighted by molar-refractivity contribution is -0.138. The molecule has 1 aliphatic rings. The topological polar surface area (TPSA) is 58.6 Å². The van der Waals surface area contributed by atoms with Crippen molar-refractivity contribution in [2.24, 2.45) is 0 Å². The van der Waals surface area contributed by atoms with Gasteiger partial charge in [-0.05, 0) is 42.8 Å². The van der Waals surface area contributed by atoms with Crippen molar-refractivity contribution in [3.05, 3.63) is 95.3 Å². The van der Waals surface area contributed by atoms with Crippen molar-refractivity contribution in [3.63, 3.8) is 0 Å². The van der Waals surface area contributed by atoms with Crippen molar-refractivity contribution in [3.8, 4) is 5.75 Å². The molecule has 152 valence electrons. The number of rotatable bonds is 4. The quantitative estimate of drug-likeness (QED) is 0.713. The Morgan fingerprint density at radius 1 is 1.10 bits per heavy atom. The second kappa shape index (κ2) is 8.37. The van der Waals surface area contributed by atoms with E-state index >= 15 is 0 Å². The first-order valence-electron chi connectivity index (χ1n) is 9.64. The Bertz CT molecular complexity index is 1070. The van der Waals surface area contributed by atoms with Gasteiger partial charge < -0.3 is 15.0 Å². The summed E-state index contributed by atoms with van der Waals surface area (Å²) in [5.74, 6) is -0.425. The van der Waals surface area contributed by atoms with E-state index in [0.29, 0.717) is 17.0 Å². The summed E-state index contributed by atoms with van der Waals surface area (Å²) < 4.78 is 19.2. The minimum Gasteiger partial charge on any atom is -0.484 e. The minimum absolute atomic E-state index is 0.132. The number of ether oxygens (including phenoxy) is 1. The molecular formula is C24H21FN2O3. The molecule has 3 aromatic rings. The molecule has 30 heavy (non-hydrogen) atoms. The van der Waals surface area contributed by atoms with Crippen LogP contribution in [0, 0.1) is 12.7 Å². The number of fused-ring (bicyclic) bond motifs is 1. The van der Waals surface area contributed by atoms with Crippen molar-refractivity contribution in [2.45, 2.75) is 13.0 Å². The normalized spacial score (nSPS) is 15.7. The number of benzene rings is 3. The fraction of sp³-hybridized carbons (Fsp3) is 0.167. The number of nitrogens with zero attached hydrogens (tertiary/aromatic N) is 1. The Morgan fingerprint density at radius 2 is 1.83 bits per heavy atom. The van der Waals surface area contributed by atoms with Crippen LogP contribution in [-0.4, -0.2) is 29.9 Å². The predicted octanol–water partition coefficient (Wildman–Crippen LogP) is 4.08. The fourth-order valence-electron chi connectivity index (χ4n) is 3.61. The third-order valence-electron chi connectivity index (χ3n) is 5.01. The Hall–Kier alpha value is -3.67. The van der Waals surface area contributed by atoms with Gasteiger partial charge in [-0.1, -0.05) is 48.0 Å². The molecular weight excluding hydrogens is 383 g/mol. The molecule has 0 fully saturated rings. The second-order valence-corrected chi connectivity index (χ2v) is 7.22. The van der Waals surface area contributed by atoms with Crippen molar-refractivity contribution in [2.75, 3.05) is 18.5 Å². The first kappa shape index (κ1) is 19.6. The molecule has 1 aliphatic heterocycles. The third-order valence-corrected chi connectivity index (χ3v) is 5.01. The van der Waals surface area contributed by atoms with Gasteiger partial charge in [0.05, 0.1) is 6.04 Å². The molecule has 4 rings (SSSR count). The lowest BCUT2D eigenvalue weighted by atomic mass is 9.94. The molecule has 0 spiro atoms. The maximum atomic E-state index is 13.6. The van der Waals surface area contributed by atoms with Crippen molar-refractivity contribution in [1.82, 2.24) is 4.90 Å². The Balaban J connectivity index is 1.72. The van der Waals surface area contributed by atoms with E-state index in [1.807, 2.05) is 43.3 Å². The zero-order valence-electron chi connectivity index (χ0n) is 16.5. The summed E-state index contributed by atoms with van der Waals surface area (Å²) >= 11 is 0. The highest BCUT2D eigenvalue weighted by Crippen LogP contribution is 2.36. The van der Waals surface area contributed by atoms with Gasteiger partial charge in [-0.3, -0.25) is 9.59 Å². The number of aryl methyl sites for hydroxylation is 1. The molecule has 0 aliphatic carbocycles. The molecule has 6 heteroatoms. The van der Waals surface area contributed by atoms with Gasteiger partial charge in [0.25, 0.3) is 5.91 Å². The van der Waals surface area contributed by atoms with Gasteiger partial charge >= 0.3 is 0 Å². The lowest BCUT2D eigenvalue weighted by Crippen LogP contribution is -2.41. The molecule has 0 saturated carbocycles. The van der Waals surface area contributed by atoms with E-state index in [0.717, 1.165) is 11.1 Å². The minimum atomic E-state index is -0.550. The number of para-hydroxylation sites is 1. The zero-order chi connectivity index (χ0) is 21.1. The number of carbonyl (C=O) groups is 2. The Morgan fingerprint density at radius 3 is 2.57 bits per heavy atom. The number of nitrogens with one attached hydrogen (secondary N) is 1. The summed E-state index contributed by atoms with van der Waals surface area (Å²) in [7, 11) is 0. The van der Waals surface area contributed by atoms with E-state index < -0.39 is 6.04 Å². The summed E-state index contributed by atoms with van der Waals surface area (Å²) in [6.07, 6.45) is 0. The average molecular weight is 404 g/mol. The number of halogens is 1. The van der Waals surface area contributed by atoms with Crippen LogP contribution < -0.4 is 10.1 Å². The van der Waals surface area contributed by atoms with Gasteiger partial charge in [0.1, 0.15) is 18.1 Å². The summed E-state index contributed by atoms with van der Waals surface area (Å²) in [5, 5.41) is 2.87. The van der Waals surface area contributed by atoms with Gasteiger partial charge in [0.15, 0.2) is 6.61 Å².